The number of methoxy groups -OCH3 is 1. The summed E-state index contributed by atoms with van der Waals surface area (Å²) in [5, 5.41) is 8.84. The Hall–Kier alpha value is -3.68. The zero-order valence-electron chi connectivity index (χ0n) is 14.9. The van der Waals surface area contributed by atoms with Crippen molar-refractivity contribution in [2.45, 2.75) is 0 Å². The van der Waals surface area contributed by atoms with E-state index in [9.17, 15) is 4.79 Å². The average molecular weight is 366 g/mol. The van der Waals surface area contributed by atoms with E-state index in [0.29, 0.717) is 17.4 Å². The molecule has 0 spiro atoms. The van der Waals surface area contributed by atoms with E-state index in [0.717, 1.165) is 11.1 Å². The standard InChI is InChI=1S/C19H18N4O4/c1-23(12-17(24)25)19-21-10-13(11-22-19)27-18-15(7-5-9-20-18)14-6-3-4-8-16(14)26-2/h3-11H,12H2,1-2H3,(H,24,25). The van der Waals surface area contributed by atoms with Crippen LogP contribution in [0.2, 0.25) is 0 Å². The number of para-hydroxylation sites is 1. The summed E-state index contributed by atoms with van der Waals surface area (Å²) in [5.41, 5.74) is 1.61. The van der Waals surface area contributed by atoms with Gasteiger partial charge < -0.3 is 19.5 Å². The second-order valence-electron chi connectivity index (χ2n) is 5.63. The number of benzene rings is 1. The molecule has 27 heavy (non-hydrogen) atoms. The molecule has 1 aromatic carbocycles. The largest absolute Gasteiger partial charge is 0.496 e. The molecule has 0 unspecified atom stereocenters. The first-order valence-electron chi connectivity index (χ1n) is 8.09. The van der Waals surface area contributed by atoms with Crippen LogP contribution in [0.15, 0.2) is 55.0 Å². The number of carboxylic acid groups (broad SMARTS) is 1. The molecule has 0 atom stereocenters. The number of rotatable bonds is 7. The monoisotopic (exact) mass is 366 g/mol. The molecule has 1 N–H and O–H groups in total. The van der Waals surface area contributed by atoms with Crippen LogP contribution in [0.25, 0.3) is 11.1 Å². The lowest BCUT2D eigenvalue weighted by atomic mass is 10.1. The Morgan fingerprint density at radius 1 is 1.07 bits per heavy atom. The smallest absolute Gasteiger partial charge is 0.323 e. The number of ether oxygens (including phenoxy) is 2. The van der Waals surface area contributed by atoms with Crippen LogP contribution in [0, 0.1) is 0 Å². The van der Waals surface area contributed by atoms with Crippen molar-refractivity contribution in [2.24, 2.45) is 0 Å². The molecule has 2 heterocycles. The van der Waals surface area contributed by atoms with E-state index >= 15 is 0 Å². The number of hydrogen-bond acceptors (Lipinski definition) is 7. The van der Waals surface area contributed by atoms with Crippen LogP contribution < -0.4 is 14.4 Å². The number of carbonyl (C=O) groups is 1. The van der Waals surface area contributed by atoms with Crippen LogP contribution in [-0.4, -0.2) is 46.7 Å². The third-order valence-corrected chi connectivity index (χ3v) is 3.71. The molecule has 0 saturated heterocycles. The highest BCUT2D eigenvalue weighted by atomic mass is 16.5. The molecule has 2 aromatic heterocycles. The minimum atomic E-state index is -0.962. The van der Waals surface area contributed by atoms with Gasteiger partial charge in [0, 0.05) is 24.4 Å². The molecule has 0 fully saturated rings. The highest BCUT2D eigenvalue weighted by molar-refractivity contribution is 5.74. The Balaban J connectivity index is 1.86. The number of aliphatic carboxylic acids is 1. The van der Waals surface area contributed by atoms with Gasteiger partial charge in [-0.15, -0.1) is 0 Å². The maximum Gasteiger partial charge on any atom is 0.323 e. The topological polar surface area (TPSA) is 97.7 Å². The Morgan fingerprint density at radius 3 is 2.48 bits per heavy atom. The van der Waals surface area contributed by atoms with Crippen molar-refractivity contribution in [2.75, 3.05) is 25.6 Å². The summed E-state index contributed by atoms with van der Waals surface area (Å²) in [4.78, 5) is 24.8. The third-order valence-electron chi connectivity index (χ3n) is 3.71. The first-order chi connectivity index (χ1) is 13.1. The van der Waals surface area contributed by atoms with Crippen molar-refractivity contribution in [3.63, 3.8) is 0 Å². The van der Waals surface area contributed by atoms with Gasteiger partial charge in [-0.1, -0.05) is 18.2 Å². The molecule has 3 rings (SSSR count). The molecular weight excluding hydrogens is 348 g/mol. The van der Waals surface area contributed by atoms with Crippen LogP contribution >= 0.6 is 0 Å². The van der Waals surface area contributed by atoms with Crippen molar-refractivity contribution >= 4 is 11.9 Å². The lowest BCUT2D eigenvalue weighted by Crippen LogP contribution is -2.26. The zero-order valence-corrected chi connectivity index (χ0v) is 14.9. The minimum Gasteiger partial charge on any atom is -0.496 e. The molecule has 0 amide bonds. The molecule has 0 saturated carbocycles. The first kappa shape index (κ1) is 18.1. The number of aromatic nitrogens is 3. The van der Waals surface area contributed by atoms with Gasteiger partial charge in [0.25, 0.3) is 0 Å². The second-order valence-corrected chi connectivity index (χ2v) is 5.63. The molecule has 3 aromatic rings. The van der Waals surface area contributed by atoms with Crippen molar-refractivity contribution in [1.29, 1.82) is 0 Å². The number of anilines is 1. The van der Waals surface area contributed by atoms with Crippen molar-refractivity contribution in [3.05, 3.63) is 55.0 Å². The van der Waals surface area contributed by atoms with E-state index in [2.05, 4.69) is 15.0 Å². The maximum atomic E-state index is 10.8. The van der Waals surface area contributed by atoms with Crippen molar-refractivity contribution < 1.29 is 19.4 Å². The van der Waals surface area contributed by atoms with Gasteiger partial charge in [0.2, 0.25) is 11.8 Å². The van der Waals surface area contributed by atoms with Crippen molar-refractivity contribution in [1.82, 2.24) is 15.0 Å². The molecular formula is C19H18N4O4. The molecule has 0 aliphatic carbocycles. The Kier molecular flexibility index (Phi) is 5.46. The lowest BCUT2D eigenvalue weighted by Gasteiger charge is -2.15. The van der Waals surface area contributed by atoms with Crippen LogP contribution in [0.1, 0.15) is 0 Å². The summed E-state index contributed by atoms with van der Waals surface area (Å²) in [5.74, 6) is 0.805. The fraction of sp³-hybridized carbons (Fsp3) is 0.158. The van der Waals surface area contributed by atoms with Gasteiger partial charge in [-0.05, 0) is 18.2 Å². The van der Waals surface area contributed by atoms with E-state index in [1.165, 1.54) is 17.3 Å². The van der Waals surface area contributed by atoms with Crippen molar-refractivity contribution in [3.8, 4) is 28.5 Å². The van der Waals surface area contributed by atoms with Gasteiger partial charge in [0.15, 0.2) is 5.75 Å². The molecule has 0 aliphatic rings. The quantitative estimate of drug-likeness (QED) is 0.682. The normalized spacial score (nSPS) is 10.3. The summed E-state index contributed by atoms with van der Waals surface area (Å²) in [6.07, 6.45) is 4.58. The first-order valence-corrected chi connectivity index (χ1v) is 8.09. The van der Waals surface area contributed by atoms with Gasteiger partial charge in [-0.25, -0.2) is 15.0 Å². The van der Waals surface area contributed by atoms with Gasteiger partial charge >= 0.3 is 5.97 Å². The maximum absolute atomic E-state index is 10.8. The van der Waals surface area contributed by atoms with Gasteiger partial charge in [-0.2, -0.15) is 0 Å². The molecule has 0 radical (unpaired) electrons. The van der Waals surface area contributed by atoms with Crippen LogP contribution in [0.3, 0.4) is 0 Å². The van der Waals surface area contributed by atoms with E-state index in [1.54, 1.807) is 20.4 Å². The fourth-order valence-corrected chi connectivity index (χ4v) is 2.49. The van der Waals surface area contributed by atoms with E-state index in [4.69, 9.17) is 14.6 Å². The predicted molar refractivity (Wildman–Crippen MR) is 99.2 cm³/mol. The zero-order chi connectivity index (χ0) is 19.2. The Labute approximate surface area is 156 Å². The second kappa shape index (κ2) is 8.13. The molecule has 8 heteroatoms. The Bertz CT molecular complexity index is 931. The summed E-state index contributed by atoms with van der Waals surface area (Å²) in [6.45, 7) is -0.196. The average Bonchev–Trinajstić information content (AvgIpc) is 2.68. The van der Waals surface area contributed by atoms with Gasteiger partial charge in [0.1, 0.15) is 12.3 Å². The number of pyridine rings is 1. The summed E-state index contributed by atoms with van der Waals surface area (Å²) in [6, 6.07) is 11.3. The minimum absolute atomic E-state index is 0.196. The molecule has 0 aliphatic heterocycles. The molecule has 138 valence electrons. The highest BCUT2D eigenvalue weighted by Crippen LogP contribution is 2.36. The summed E-state index contributed by atoms with van der Waals surface area (Å²) >= 11 is 0. The predicted octanol–water partition coefficient (Wildman–Crippen LogP) is 2.86. The van der Waals surface area contributed by atoms with Gasteiger partial charge in [-0.3, -0.25) is 4.79 Å². The van der Waals surface area contributed by atoms with E-state index in [1.807, 2.05) is 36.4 Å². The fourth-order valence-electron chi connectivity index (χ4n) is 2.49. The van der Waals surface area contributed by atoms with E-state index in [-0.39, 0.29) is 12.5 Å². The third kappa shape index (κ3) is 4.30. The van der Waals surface area contributed by atoms with E-state index < -0.39 is 5.97 Å². The number of hydrogen-bond donors (Lipinski definition) is 1. The van der Waals surface area contributed by atoms with Gasteiger partial charge in [0.05, 0.1) is 19.5 Å². The number of carboxylic acids is 1. The number of likely N-dealkylation sites (N-methyl/N-ethyl adjacent to an activating group) is 1. The lowest BCUT2D eigenvalue weighted by molar-refractivity contribution is -0.135. The van der Waals surface area contributed by atoms with Crippen LogP contribution in [0.4, 0.5) is 5.95 Å². The summed E-state index contributed by atoms with van der Waals surface area (Å²) < 4.78 is 11.3. The van der Waals surface area contributed by atoms with Crippen LogP contribution in [-0.2, 0) is 4.79 Å². The summed E-state index contributed by atoms with van der Waals surface area (Å²) in [7, 11) is 3.21. The number of nitrogens with zero attached hydrogens (tertiary/aromatic N) is 4. The Morgan fingerprint density at radius 2 is 1.78 bits per heavy atom. The highest BCUT2D eigenvalue weighted by Gasteiger charge is 2.14. The molecule has 8 nitrogen and oxygen atoms in total. The molecule has 0 bridgehead atoms. The SMILES string of the molecule is COc1ccccc1-c1cccnc1Oc1cnc(N(C)CC(=O)O)nc1. The van der Waals surface area contributed by atoms with Crippen LogP contribution in [0.5, 0.6) is 17.4 Å².